The predicted octanol–water partition coefficient (Wildman–Crippen LogP) is 0.911. The number of carboxylic acid groups (broad SMARTS) is 1. The van der Waals surface area contributed by atoms with Crippen molar-refractivity contribution in [2.24, 2.45) is 5.92 Å². The number of amides is 1. The fourth-order valence-corrected chi connectivity index (χ4v) is 2.43. The molecule has 1 aromatic heterocycles. The molecule has 1 amide bonds. The molecule has 6 nitrogen and oxygen atoms in total. The number of hydrogen-bond acceptors (Lipinski definition) is 5. The Kier molecular flexibility index (Phi) is 3.68. The topological polar surface area (TPSA) is 92.2 Å². The zero-order chi connectivity index (χ0) is 12.3. The molecule has 0 aliphatic heterocycles. The molecule has 1 saturated carbocycles. The molecule has 0 atom stereocenters. The number of nitrogens with zero attached hydrogens (tertiary/aromatic N) is 2. The first-order chi connectivity index (χ1) is 8.16. The second-order valence-electron chi connectivity index (χ2n) is 4.14. The van der Waals surface area contributed by atoms with Crippen molar-refractivity contribution in [2.75, 3.05) is 0 Å². The lowest BCUT2D eigenvalue weighted by molar-refractivity contribution is -0.142. The summed E-state index contributed by atoms with van der Waals surface area (Å²) in [4.78, 5) is 23.0. The second-order valence-corrected chi connectivity index (χ2v) is 4.93. The van der Waals surface area contributed by atoms with Crippen LogP contribution in [0.1, 0.15) is 35.4 Å². The average molecular weight is 255 g/mol. The quantitative estimate of drug-likeness (QED) is 0.837. The number of nitrogens with one attached hydrogen (secondary N) is 1. The lowest BCUT2D eigenvalue weighted by Crippen LogP contribution is -2.38. The van der Waals surface area contributed by atoms with E-state index in [0.29, 0.717) is 17.7 Å². The number of rotatable bonds is 3. The van der Waals surface area contributed by atoms with Crippen molar-refractivity contribution in [1.29, 1.82) is 0 Å². The summed E-state index contributed by atoms with van der Waals surface area (Å²) < 4.78 is 3.62. The first-order valence-corrected chi connectivity index (χ1v) is 6.25. The maximum Gasteiger partial charge on any atom is 0.306 e. The highest BCUT2D eigenvalue weighted by Crippen LogP contribution is 2.24. The molecule has 7 heteroatoms. The Morgan fingerprint density at radius 1 is 1.35 bits per heavy atom. The third-order valence-electron chi connectivity index (χ3n) is 3.00. The standard InChI is InChI=1S/C10H13N3O3S/c14-9(8-5-11-13-17-8)12-7-3-1-6(2-4-7)10(15)16/h5-7H,1-4H2,(H,12,14)(H,15,16). The van der Waals surface area contributed by atoms with Crippen molar-refractivity contribution < 1.29 is 14.7 Å². The number of aromatic nitrogens is 2. The van der Waals surface area contributed by atoms with E-state index in [0.717, 1.165) is 24.4 Å². The van der Waals surface area contributed by atoms with Gasteiger partial charge >= 0.3 is 5.97 Å². The third kappa shape index (κ3) is 3.00. The Labute approximate surface area is 102 Å². The Hall–Kier alpha value is -1.50. The summed E-state index contributed by atoms with van der Waals surface area (Å²) in [6.07, 6.45) is 4.12. The molecular formula is C10H13N3O3S. The van der Waals surface area contributed by atoms with Crippen LogP contribution in [0.4, 0.5) is 0 Å². The van der Waals surface area contributed by atoms with Crippen molar-refractivity contribution in [3.05, 3.63) is 11.1 Å². The van der Waals surface area contributed by atoms with E-state index in [4.69, 9.17) is 5.11 Å². The van der Waals surface area contributed by atoms with Crippen molar-refractivity contribution in [3.8, 4) is 0 Å². The number of carbonyl (C=O) groups is 2. The molecule has 1 fully saturated rings. The van der Waals surface area contributed by atoms with E-state index in [9.17, 15) is 9.59 Å². The molecule has 0 saturated heterocycles. The Bertz CT molecular complexity index is 399. The first kappa shape index (κ1) is 12.0. The fraction of sp³-hybridized carbons (Fsp3) is 0.600. The van der Waals surface area contributed by atoms with E-state index in [1.54, 1.807) is 0 Å². The van der Waals surface area contributed by atoms with Gasteiger partial charge in [0, 0.05) is 6.04 Å². The van der Waals surface area contributed by atoms with Crippen LogP contribution in [0.5, 0.6) is 0 Å². The summed E-state index contributed by atoms with van der Waals surface area (Å²) in [5.41, 5.74) is 0. The molecule has 0 aromatic carbocycles. The van der Waals surface area contributed by atoms with Crippen molar-refractivity contribution in [1.82, 2.24) is 14.9 Å². The van der Waals surface area contributed by atoms with Gasteiger partial charge in [-0.1, -0.05) is 4.49 Å². The molecule has 2 N–H and O–H groups in total. The molecule has 1 heterocycles. The summed E-state index contributed by atoms with van der Waals surface area (Å²) in [6.45, 7) is 0. The van der Waals surface area contributed by atoms with E-state index in [-0.39, 0.29) is 17.9 Å². The van der Waals surface area contributed by atoms with Gasteiger partial charge in [0.05, 0.1) is 12.1 Å². The lowest BCUT2D eigenvalue weighted by atomic mass is 9.86. The molecule has 2 rings (SSSR count). The maximum atomic E-state index is 11.7. The highest BCUT2D eigenvalue weighted by molar-refractivity contribution is 7.07. The number of carbonyl (C=O) groups excluding carboxylic acids is 1. The van der Waals surface area contributed by atoms with E-state index in [2.05, 4.69) is 14.9 Å². The molecule has 1 aliphatic carbocycles. The molecule has 0 spiro atoms. The van der Waals surface area contributed by atoms with Crippen LogP contribution < -0.4 is 5.32 Å². The molecule has 92 valence electrons. The largest absolute Gasteiger partial charge is 0.481 e. The van der Waals surface area contributed by atoms with Crippen LogP contribution >= 0.6 is 11.5 Å². The summed E-state index contributed by atoms with van der Waals surface area (Å²) >= 11 is 1.06. The number of hydrogen-bond donors (Lipinski definition) is 2. The van der Waals surface area contributed by atoms with E-state index in [1.165, 1.54) is 6.20 Å². The zero-order valence-electron chi connectivity index (χ0n) is 9.13. The van der Waals surface area contributed by atoms with Gasteiger partial charge < -0.3 is 10.4 Å². The van der Waals surface area contributed by atoms with Gasteiger partial charge in [-0.3, -0.25) is 9.59 Å². The van der Waals surface area contributed by atoms with E-state index < -0.39 is 5.97 Å². The molecule has 0 radical (unpaired) electrons. The molecule has 0 bridgehead atoms. The normalized spacial score (nSPS) is 24.2. The first-order valence-electron chi connectivity index (χ1n) is 5.48. The summed E-state index contributed by atoms with van der Waals surface area (Å²) in [6, 6.07) is 0.0696. The zero-order valence-corrected chi connectivity index (χ0v) is 9.94. The van der Waals surface area contributed by atoms with Crippen LogP contribution in [0.3, 0.4) is 0 Å². The van der Waals surface area contributed by atoms with Crippen molar-refractivity contribution in [2.45, 2.75) is 31.7 Å². The van der Waals surface area contributed by atoms with Crippen LogP contribution in [0, 0.1) is 5.92 Å². The van der Waals surface area contributed by atoms with Gasteiger partial charge in [0.15, 0.2) is 0 Å². The molecule has 1 aliphatic rings. The van der Waals surface area contributed by atoms with Crippen molar-refractivity contribution >= 4 is 23.4 Å². The fourth-order valence-electron chi connectivity index (χ4n) is 2.01. The highest BCUT2D eigenvalue weighted by Gasteiger charge is 2.27. The molecule has 1 aromatic rings. The van der Waals surface area contributed by atoms with Gasteiger partial charge in [0.2, 0.25) is 0 Å². The average Bonchev–Trinajstić information content (AvgIpc) is 2.83. The smallest absolute Gasteiger partial charge is 0.306 e. The Morgan fingerprint density at radius 3 is 2.59 bits per heavy atom. The van der Waals surface area contributed by atoms with Crippen LogP contribution in [-0.4, -0.2) is 32.6 Å². The number of aliphatic carboxylic acids is 1. The maximum absolute atomic E-state index is 11.7. The summed E-state index contributed by atoms with van der Waals surface area (Å²) in [5.74, 6) is -1.16. The molecule has 0 unspecified atom stereocenters. The van der Waals surface area contributed by atoms with Gasteiger partial charge in [0.1, 0.15) is 4.88 Å². The van der Waals surface area contributed by atoms with Crippen LogP contribution in [-0.2, 0) is 4.79 Å². The summed E-state index contributed by atoms with van der Waals surface area (Å²) in [5, 5.41) is 15.3. The summed E-state index contributed by atoms with van der Waals surface area (Å²) in [7, 11) is 0. The van der Waals surface area contributed by atoms with Crippen molar-refractivity contribution in [3.63, 3.8) is 0 Å². The van der Waals surface area contributed by atoms with Gasteiger partial charge in [-0.2, -0.15) is 0 Å². The van der Waals surface area contributed by atoms with Crippen LogP contribution in [0.25, 0.3) is 0 Å². The highest BCUT2D eigenvalue weighted by atomic mass is 32.1. The SMILES string of the molecule is O=C(NC1CCC(C(=O)O)CC1)c1cnns1. The predicted molar refractivity (Wildman–Crippen MR) is 60.8 cm³/mol. The second kappa shape index (κ2) is 5.22. The monoisotopic (exact) mass is 255 g/mol. The molecule has 17 heavy (non-hydrogen) atoms. The number of carboxylic acids is 1. The van der Waals surface area contributed by atoms with Gasteiger partial charge in [-0.15, -0.1) is 5.10 Å². The van der Waals surface area contributed by atoms with Gasteiger partial charge in [-0.25, -0.2) is 0 Å². The minimum atomic E-state index is -0.735. The Balaban J connectivity index is 1.82. The van der Waals surface area contributed by atoms with Gasteiger partial charge in [0.25, 0.3) is 5.91 Å². The van der Waals surface area contributed by atoms with E-state index >= 15 is 0 Å². The minimum absolute atomic E-state index is 0.0696. The van der Waals surface area contributed by atoms with Crippen LogP contribution in [0.15, 0.2) is 6.20 Å². The van der Waals surface area contributed by atoms with Gasteiger partial charge in [-0.05, 0) is 37.2 Å². The minimum Gasteiger partial charge on any atom is -0.481 e. The van der Waals surface area contributed by atoms with E-state index in [1.807, 2.05) is 0 Å². The molecular weight excluding hydrogens is 242 g/mol. The Morgan fingerprint density at radius 2 is 2.06 bits per heavy atom. The van der Waals surface area contributed by atoms with Crippen LogP contribution in [0.2, 0.25) is 0 Å². The lowest BCUT2D eigenvalue weighted by Gasteiger charge is -2.26. The third-order valence-corrected chi connectivity index (χ3v) is 3.66.